The zero-order valence-corrected chi connectivity index (χ0v) is 15.3. The van der Waals surface area contributed by atoms with E-state index in [2.05, 4.69) is 25.9 Å². The molecule has 1 unspecified atom stereocenters. The quantitative estimate of drug-likeness (QED) is 0.579. The van der Waals surface area contributed by atoms with Gasteiger partial charge in [0, 0.05) is 36.1 Å². The predicted octanol–water partition coefficient (Wildman–Crippen LogP) is 0.741. The number of amides is 4. The highest BCUT2D eigenvalue weighted by atomic mass is 16.2. The second kappa shape index (κ2) is 6.45. The summed E-state index contributed by atoms with van der Waals surface area (Å²) in [6, 6.07) is 8.32. The molecule has 3 N–H and O–H groups in total. The van der Waals surface area contributed by atoms with Crippen LogP contribution in [-0.4, -0.2) is 38.9 Å². The van der Waals surface area contributed by atoms with E-state index in [-0.39, 0.29) is 12.5 Å². The molecule has 0 bridgehead atoms. The van der Waals surface area contributed by atoms with E-state index < -0.39 is 17.5 Å². The Morgan fingerprint density at radius 3 is 2.75 bits per heavy atom. The van der Waals surface area contributed by atoms with Crippen LogP contribution < -0.4 is 16.0 Å². The molecule has 1 fully saturated rings. The summed E-state index contributed by atoms with van der Waals surface area (Å²) in [6.07, 6.45) is 3.18. The lowest BCUT2D eigenvalue weighted by Gasteiger charge is -2.25. The van der Waals surface area contributed by atoms with Crippen molar-refractivity contribution in [3.8, 4) is 0 Å². The van der Waals surface area contributed by atoms with Crippen LogP contribution in [0.2, 0.25) is 0 Å². The summed E-state index contributed by atoms with van der Waals surface area (Å²) < 4.78 is 1.63. The van der Waals surface area contributed by atoms with Gasteiger partial charge in [-0.15, -0.1) is 0 Å². The highest BCUT2D eigenvalue weighted by Crippen LogP contribution is 2.23. The maximum absolute atomic E-state index is 12.7. The molecular weight excluding hydrogens is 360 g/mol. The zero-order valence-electron chi connectivity index (χ0n) is 15.3. The van der Waals surface area contributed by atoms with E-state index in [1.165, 1.54) is 6.20 Å². The molecule has 0 saturated carbocycles. The number of hydrogen-bond donors (Lipinski definition) is 3. The number of urea groups is 1. The number of nitrogens with one attached hydrogen (secondary N) is 3. The van der Waals surface area contributed by atoms with Crippen molar-refractivity contribution in [2.75, 3.05) is 6.54 Å². The van der Waals surface area contributed by atoms with Gasteiger partial charge in [0.05, 0.1) is 12.1 Å². The van der Waals surface area contributed by atoms with Gasteiger partial charge in [0.15, 0.2) is 5.54 Å². The third-order valence-corrected chi connectivity index (χ3v) is 4.75. The molecule has 4 rings (SSSR count). The minimum atomic E-state index is -1.47. The summed E-state index contributed by atoms with van der Waals surface area (Å²) >= 11 is 0. The normalized spacial score (nSPS) is 18.8. The Balaban J connectivity index is 1.60. The lowest BCUT2D eigenvalue weighted by Crippen LogP contribution is -2.54. The Kier molecular flexibility index (Phi) is 4.07. The minimum absolute atomic E-state index is 0.140. The lowest BCUT2D eigenvalue weighted by atomic mass is 9.98. The monoisotopic (exact) mass is 378 g/mol. The molecule has 3 aromatic rings. The Morgan fingerprint density at radius 2 is 2.07 bits per heavy atom. The molecule has 1 saturated heterocycles. The number of carbonyl (C=O) groups is 3. The average Bonchev–Trinajstić information content (AvgIpc) is 3.22. The van der Waals surface area contributed by atoms with Crippen molar-refractivity contribution in [2.24, 2.45) is 7.05 Å². The number of imide groups is 1. The molecule has 1 aliphatic heterocycles. The highest BCUT2D eigenvalue weighted by molar-refractivity contribution is 6.07. The van der Waals surface area contributed by atoms with E-state index in [0.29, 0.717) is 11.4 Å². The summed E-state index contributed by atoms with van der Waals surface area (Å²) in [5, 5.41) is 8.38. The smallest absolute Gasteiger partial charge is 0.322 e. The number of fused-ring (bicyclic) bond motifs is 1. The van der Waals surface area contributed by atoms with Crippen molar-refractivity contribution < 1.29 is 14.4 Å². The van der Waals surface area contributed by atoms with Crippen LogP contribution in [0.15, 0.2) is 42.7 Å². The molecule has 0 aliphatic carbocycles. The number of hydrogen-bond acceptors (Lipinski definition) is 5. The van der Waals surface area contributed by atoms with Crippen molar-refractivity contribution in [2.45, 2.75) is 12.5 Å². The summed E-state index contributed by atoms with van der Waals surface area (Å²) in [6.45, 7) is 1.76. The van der Waals surface area contributed by atoms with Gasteiger partial charge in [-0.3, -0.25) is 19.9 Å². The first-order chi connectivity index (χ1) is 13.4. The van der Waals surface area contributed by atoms with Gasteiger partial charge >= 0.3 is 6.03 Å². The lowest BCUT2D eigenvalue weighted by molar-refractivity contribution is -0.124. The first kappa shape index (κ1) is 17.7. The summed E-state index contributed by atoms with van der Waals surface area (Å²) in [5.41, 5.74) is 0.645. The molecule has 1 atom stereocenters. The number of aromatic nitrogens is 3. The predicted molar refractivity (Wildman–Crippen MR) is 100 cm³/mol. The maximum Gasteiger partial charge on any atom is 0.322 e. The van der Waals surface area contributed by atoms with Crippen molar-refractivity contribution in [3.05, 3.63) is 59.8 Å². The van der Waals surface area contributed by atoms with Crippen molar-refractivity contribution in [1.29, 1.82) is 0 Å². The second-order valence-corrected chi connectivity index (χ2v) is 6.72. The fourth-order valence-corrected chi connectivity index (χ4v) is 3.31. The number of imidazole rings is 1. The SMILES string of the molecule is Cc1ccc2cc(C(=O)NCC3(c4nccn4C)NC(=O)NC3=O)ccc2n1. The van der Waals surface area contributed by atoms with Gasteiger partial charge in [0.1, 0.15) is 5.82 Å². The molecule has 1 aromatic carbocycles. The topological polar surface area (TPSA) is 118 Å². The van der Waals surface area contributed by atoms with Crippen LogP contribution in [0.4, 0.5) is 4.79 Å². The molecule has 2 aromatic heterocycles. The minimum Gasteiger partial charge on any atom is -0.349 e. The van der Waals surface area contributed by atoms with Crippen LogP contribution in [0, 0.1) is 6.92 Å². The molecule has 4 amide bonds. The third-order valence-electron chi connectivity index (χ3n) is 4.75. The van der Waals surface area contributed by atoms with Gasteiger partial charge in [-0.05, 0) is 31.2 Å². The van der Waals surface area contributed by atoms with Crippen molar-refractivity contribution in [1.82, 2.24) is 30.5 Å². The van der Waals surface area contributed by atoms with Gasteiger partial charge in [-0.25, -0.2) is 9.78 Å². The summed E-state index contributed by atoms with van der Waals surface area (Å²) in [7, 11) is 1.71. The molecule has 9 heteroatoms. The number of aryl methyl sites for hydroxylation is 2. The van der Waals surface area contributed by atoms with Crippen LogP contribution in [0.3, 0.4) is 0 Å². The van der Waals surface area contributed by atoms with Crippen molar-refractivity contribution in [3.63, 3.8) is 0 Å². The first-order valence-corrected chi connectivity index (χ1v) is 8.66. The van der Waals surface area contributed by atoms with E-state index in [9.17, 15) is 14.4 Å². The zero-order chi connectivity index (χ0) is 19.9. The van der Waals surface area contributed by atoms with Gasteiger partial charge in [-0.2, -0.15) is 0 Å². The number of carbonyl (C=O) groups excluding carboxylic acids is 3. The fraction of sp³-hybridized carbons (Fsp3) is 0.211. The van der Waals surface area contributed by atoms with Gasteiger partial charge in [0.2, 0.25) is 0 Å². The molecule has 0 spiro atoms. The first-order valence-electron chi connectivity index (χ1n) is 8.66. The Labute approximate surface area is 160 Å². The van der Waals surface area contributed by atoms with Crippen molar-refractivity contribution >= 4 is 28.7 Å². The summed E-state index contributed by atoms with van der Waals surface area (Å²) in [4.78, 5) is 45.6. The Bertz CT molecular complexity index is 1120. The van der Waals surface area contributed by atoms with E-state index in [1.54, 1.807) is 36.0 Å². The molecule has 9 nitrogen and oxygen atoms in total. The van der Waals surface area contributed by atoms with Gasteiger partial charge < -0.3 is 15.2 Å². The average molecular weight is 378 g/mol. The van der Waals surface area contributed by atoms with Crippen LogP contribution in [0.5, 0.6) is 0 Å². The van der Waals surface area contributed by atoms with Crippen LogP contribution in [0.25, 0.3) is 10.9 Å². The van der Waals surface area contributed by atoms with E-state index >= 15 is 0 Å². The Hall–Kier alpha value is -3.75. The molecule has 142 valence electrons. The number of rotatable bonds is 4. The number of nitrogens with zero attached hydrogens (tertiary/aromatic N) is 3. The van der Waals surface area contributed by atoms with Gasteiger partial charge in [-0.1, -0.05) is 6.07 Å². The number of benzene rings is 1. The largest absolute Gasteiger partial charge is 0.349 e. The van der Waals surface area contributed by atoms with Crippen LogP contribution >= 0.6 is 0 Å². The standard InChI is InChI=1S/C19H18N6O3/c1-11-3-4-12-9-13(5-6-14(12)22-11)15(26)21-10-19(16-20-7-8-25(16)2)17(27)23-18(28)24-19/h3-9H,10H2,1-2H3,(H,21,26)(H2,23,24,27,28). The molecular formula is C19H18N6O3. The van der Waals surface area contributed by atoms with Crippen LogP contribution in [0.1, 0.15) is 21.9 Å². The molecule has 3 heterocycles. The van der Waals surface area contributed by atoms with E-state index in [1.807, 2.05) is 19.1 Å². The van der Waals surface area contributed by atoms with Crippen LogP contribution in [-0.2, 0) is 17.4 Å². The molecule has 0 radical (unpaired) electrons. The second-order valence-electron chi connectivity index (χ2n) is 6.72. The number of pyridine rings is 1. The maximum atomic E-state index is 12.7. The molecule has 28 heavy (non-hydrogen) atoms. The molecule has 1 aliphatic rings. The highest BCUT2D eigenvalue weighted by Gasteiger charge is 2.50. The van der Waals surface area contributed by atoms with E-state index in [0.717, 1.165) is 16.6 Å². The van der Waals surface area contributed by atoms with Gasteiger partial charge in [0.25, 0.3) is 11.8 Å². The fourth-order valence-electron chi connectivity index (χ4n) is 3.31. The van der Waals surface area contributed by atoms with E-state index in [4.69, 9.17) is 0 Å². The summed E-state index contributed by atoms with van der Waals surface area (Å²) in [5.74, 6) is -0.607. The Morgan fingerprint density at radius 1 is 1.25 bits per heavy atom. The third kappa shape index (κ3) is 2.86.